The lowest BCUT2D eigenvalue weighted by molar-refractivity contribution is 0.171. The van der Waals surface area contributed by atoms with E-state index < -0.39 is 10.0 Å². The number of rotatable bonds is 3. The van der Waals surface area contributed by atoms with E-state index >= 15 is 0 Å². The Bertz CT molecular complexity index is 883. The van der Waals surface area contributed by atoms with Crippen LogP contribution in [0, 0.1) is 0 Å². The van der Waals surface area contributed by atoms with Crippen LogP contribution in [0.1, 0.15) is 24.4 Å². The van der Waals surface area contributed by atoms with Crippen LogP contribution < -0.4 is 19.5 Å². The monoisotopic (exact) mass is 361 g/mol. The van der Waals surface area contributed by atoms with E-state index in [-0.39, 0.29) is 10.9 Å². The molecule has 0 bridgehead atoms. The molecule has 2 aliphatic heterocycles. The molecule has 0 radical (unpaired) electrons. The maximum absolute atomic E-state index is 11.4. The number of ether oxygens (including phenoxy) is 2. The molecule has 0 spiro atoms. The first kappa shape index (κ1) is 16.2. The smallest absolute Gasteiger partial charge is 0.239 e. The average Bonchev–Trinajstić information content (AvgIpc) is 3.10. The lowest BCUT2D eigenvalue weighted by Gasteiger charge is -2.27. The van der Waals surface area contributed by atoms with Crippen LogP contribution in [0.25, 0.3) is 0 Å². The van der Waals surface area contributed by atoms with Crippen molar-refractivity contribution in [1.29, 1.82) is 0 Å². The summed E-state index contributed by atoms with van der Waals surface area (Å²) >= 11 is 0. The van der Waals surface area contributed by atoms with Crippen LogP contribution in [-0.2, 0) is 10.0 Å². The molecule has 3 heterocycles. The molecule has 2 N–H and O–H groups in total. The minimum atomic E-state index is -3.73. The van der Waals surface area contributed by atoms with Crippen molar-refractivity contribution in [2.45, 2.75) is 23.8 Å². The van der Waals surface area contributed by atoms with Gasteiger partial charge in [0.2, 0.25) is 10.0 Å². The zero-order valence-electron chi connectivity index (χ0n) is 13.6. The summed E-state index contributed by atoms with van der Waals surface area (Å²) in [7, 11) is -3.73. The van der Waals surface area contributed by atoms with Gasteiger partial charge in [-0.2, -0.15) is 0 Å². The number of nitrogens with two attached hydrogens (primary N) is 1. The third-order valence-corrected chi connectivity index (χ3v) is 5.45. The second-order valence-electron chi connectivity index (χ2n) is 6.15. The van der Waals surface area contributed by atoms with Gasteiger partial charge < -0.3 is 14.4 Å². The molecule has 0 amide bonds. The fraction of sp³-hybridized carbons (Fsp3) is 0.353. The summed E-state index contributed by atoms with van der Waals surface area (Å²) < 4.78 is 34.0. The van der Waals surface area contributed by atoms with E-state index in [0.29, 0.717) is 13.2 Å². The lowest BCUT2D eigenvalue weighted by Crippen LogP contribution is -2.24. The SMILES string of the molecule is NS(=O)(=O)c1ccc(N2CCCC2c2ccc3c(c2)OCCO3)nc1. The summed E-state index contributed by atoms with van der Waals surface area (Å²) in [6.45, 7) is 1.99. The van der Waals surface area contributed by atoms with Gasteiger partial charge in [0.1, 0.15) is 23.9 Å². The zero-order chi connectivity index (χ0) is 17.4. The third-order valence-electron chi connectivity index (χ3n) is 4.55. The number of anilines is 1. The normalized spacial score (nSPS) is 19.9. The Hall–Kier alpha value is -2.32. The minimum absolute atomic E-state index is 0.0197. The van der Waals surface area contributed by atoms with Crippen molar-refractivity contribution in [3.05, 3.63) is 42.1 Å². The maximum Gasteiger partial charge on any atom is 0.239 e. The zero-order valence-corrected chi connectivity index (χ0v) is 14.4. The van der Waals surface area contributed by atoms with E-state index in [9.17, 15) is 8.42 Å². The molecule has 1 atom stereocenters. The standard InChI is InChI=1S/C17H19N3O4S/c18-25(21,22)13-4-6-17(19-11-13)20-7-1-2-14(20)12-3-5-15-16(10-12)24-9-8-23-15/h3-6,10-11,14H,1-2,7-9H2,(H2,18,21,22). The Kier molecular flexibility index (Phi) is 4.01. The molecule has 1 fully saturated rings. The molecule has 0 aliphatic carbocycles. The molecule has 0 saturated carbocycles. The number of hydrogen-bond donors (Lipinski definition) is 1. The van der Waals surface area contributed by atoms with Gasteiger partial charge in [-0.1, -0.05) is 6.07 Å². The van der Waals surface area contributed by atoms with Crippen molar-refractivity contribution < 1.29 is 17.9 Å². The average molecular weight is 361 g/mol. The van der Waals surface area contributed by atoms with E-state index in [1.165, 1.54) is 12.3 Å². The summed E-state index contributed by atoms with van der Waals surface area (Å²) in [6, 6.07) is 9.39. The van der Waals surface area contributed by atoms with E-state index in [4.69, 9.17) is 14.6 Å². The Labute approximate surface area is 146 Å². The van der Waals surface area contributed by atoms with Crippen molar-refractivity contribution in [2.75, 3.05) is 24.7 Å². The number of hydrogen-bond acceptors (Lipinski definition) is 6. The summed E-state index contributed by atoms with van der Waals surface area (Å²) in [5.74, 6) is 2.29. The number of nitrogens with zero attached hydrogens (tertiary/aromatic N) is 2. The summed E-state index contributed by atoms with van der Waals surface area (Å²) in [6.07, 6.45) is 3.35. The Morgan fingerprint density at radius 1 is 1.12 bits per heavy atom. The molecule has 7 nitrogen and oxygen atoms in total. The van der Waals surface area contributed by atoms with Gasteiger partial charge in [-0.15, -0.1) is 0 Å². The lowest BCUT2D eigenvalue weighted by atomic mass is 10.0. The van der Waals surface area contributed by atoms with Gasteiger partial charge in [0.05, 0.1) is 6.04 Å². The van der Waals surface area contributed by atoms with Crippen LogP contribution in [0.4, 0.5) is 5.82 Å². The molecular weight excluding hydrogens is 342 g/mol. The van der Waals surface area contributed by atoms with Crippen LogP contribution >= 0.6 is 0 Å². The van der Waals surface area contributed by atoms with Crippen LogP contribution in [0.2, 0.25) is 0 Å². The summed E-state index contributed by atoms with van der Waals surface area (Å²) in [5, 5.41) is 5.14. The summed E-state index contributed by atoms with van der Waals surface area (Å²) in [4.78, 5) is 6.50. The molecule has 1 aromatic carbocycles. The van der Waals surface area contributed by atoms with E-state index in [1.54, 1.807) is 6.07 Å². The molecule has 132 valence electrons. The number of sulfonamides is 1. The highest BCUT2D eigenvalue weighted by atomic mass is 32.2. The van der Waals surface area contributed by atoms with Crippen LogP contribution in [-0.4, -0.2) is 33.2 Å². The molecule has 25 heavy (non-hydrogen) atoms. The van der Waals surface area contributed by atoms with Gasteiger partial charge in [-0.25, -0.2) is 18.5 Å². The first-order valence-corrected chi connectivity index (χ1v) is 9.72. The van der Waals surface area contributed by atoms with E-state index in [0.717, 1.165) is 42.3 Å². The highest BCUT2D eigenvalue weighted by Gasteiger charge is 2.28. The van der Waals surface area contributed by atoms with Gasteiger partial charge in [-0.3, -0.25) is 0 Å². The Balaban J connectivity index is 1.62. The molecule has 1 saturated heterocycles. The van der Waals surface area contributed by atoms with Gasteiger partial charge in [-0.05, 0) is 42.7 Å². The van der Waals surface area contributed by atoms with Gasteiger partial charge in [0.15, 0.2) is 11.5 Å². The molecule has 1 unspecified atom stereocenters. The van der Waals surface area contributed by atoms with Crippen molar-refractivity contribution in [2.24, 2.45) is 5.14 Å². The number of benzene rings is 1. The van der Waals surface area contributed by atoms with Gasteiger partial charge in [0.25, 0.3) is 0 Å². The highest BCUT2D eigenvalue weighted by Crippen LogP contribution is 2.39. The second-order valence-corrected chi connectivity index (χ2v) is 7.71. The van der Waals surface area contributed by atoms with Crippen molar-refractivity contribution in [1.82, 2.24) is 4.98 Å². The van der Waals surface area contributed by atoms with Crippen molar-refractivity contribution >= 4 is 15.8 Å². The fourth-order valence-electron chi connectivity index (χ4n) is 3.37. The second kappa shape index (κ2) is 6.20. The van der Waals surface area contributed by atoms with Crippen molar-refractivity contribution in [3.8, 4) is 11.5 Å². The topological polar surface area (TPSA) is 94.8 Å². The van der Waals surface area contributed by atoms with Crippen LogP contribution in [0.15, 0.2) is 41.4 Å². The van der Waals surface area contributed by atoms with E-state index in [2.05, 4.69) is 16.0 Å². The first-order valence-electron chi connectivity index (χ1n) is 8.17. The third kappa shape index (κ3) is 3.14. The molecule has 4 rings (SSSR count). The fourth-order valence-corrected chi connectivity index (χ4v) is 3.82. The molecule has 2 aliphatic rings. The highest BCUT2D eigenvalue weighted by molar-refractivity contribution is 7.89. The van der Waals surface area contributed by atoms with E-state index in [1.807, 2.05) is 12.1 Å². The molecular formula is C17H19N3O4S. The molecule has 8 heteroatoms. The van der Waals surface area contributed by atoms with Crippen LogP contribution in [0.3, 0.4) is 0 Å². The largest absolute Gasteiger partial charge is 0.486 e. The summed E-state index contributed by atoms with van der Waals surface area (Å²) in [5.41, 5.74) is 1.14. The Morgan fingerprint density at radius 3 is 2.64 bits per heavy atom. The number of primary sulfonamides is 1. The van der Waals surface area contributed by atoms with Crippen LogP contribution in [0.5, 0.6) is 11.5 Å². The number of aromatic nitrogens is 1. The molecule has 1 aromatic heterocycles. The predicted molar refractivity (Wildman–Crippen MR) is 92.4 cm³/mol. The van der Waals surface area contributed by atoms with Crippen molar-refractivity contribution in [3.63, 3.8) is 0 Å². The molecule has 2 aromatic rings. The first-order chi connectivity index (χ1) is 12.0. The number of pyridine rings is 1. The maximum atomic E-state index is 11.4. The van der Waals surface area contributed by atoms with Gasteiger partial charge in [0, 0.05) is 12.7 Å². The number of fused-ring (bicyclic) bond motifs is 1. The minimum Gasteiger partial charge on any atom is -0.486 e. The Morgan fingerprint density at radius 2 is 1.92 bits per heavy atom. The quantitative estimate of drug-likeness (QED) is 0.896. The van der Waals surface area contributed by atoms with Gasteiger partial charge >= 0.3 is 0 Å². The predicted octanol–water partition coefficient (Wildman–Crippen LogP) is 1.84.